The second-order valence-electron chi connectivity index (χ2n) is 5.63. The van der Waals surface area contributed by atoms with E-state index in [2.05, 4.69) is 25.4 Å². The molecule has 0 unspecified atom stereocenters. The van der Waals surface area contributed by atoms with Crippen molar-refractivity contribution in [1.82, 2.24) is 29.1 Å². The molecule has 4 aromatic rings. The third-order valence-electron chi connectivity index (χ3n) is 3.76. The van der Waals surface area contributed by atoms with E-state index in [0.29, 0.717) is 11.5 Å². The number of carbonyl (C=O) groups excluding carboxylic acids is 1. The van der Waals surface area contributed by atoms with E-state index in [1.807, 2.05) is 54.9 Å². The van der Waals surface area contributed by atoms with E-state index < -0.39 is 5.91 Å². The van der Waals surface area contributed by atoms with Gasteiger partial charge in [0.25, 0.3) is 11.7 Å². The monoisotopic (exact) mass is 333 g/mol. The van der Waals surface area contributed by atoms with Gasteiger partial charge in [-0.15, -0.1) is 5.10 Å². The number of fused-ring (bicyclic) bond motifs is 1. The first-order chi connectivity index (χ1) is 12.1. The number of nitrogens with zero attached hydrogens (tertiary/aromatic N) is 6. The van der Waals surface area contributed by atoms with Crippen LogP contribution < -0.4 is 5.32 Å². The molecule has 8 nitrogen and oxygen atoms in total. The largest absolute Gasteiger partial charge is 0.317 e. The van der Waals surface area contributed by atoms with Crippen LogP contribution in [-0.4, -0.2) is 35.0 Å². The average molecular weight is 333 g/mol. The summed E-state index contributed by atoms with van der Waals surface area (Å²) in [7, 11) is 0. The van der Waals surface area contributed by atoms with Gasteiger partial charge in [-0.3, -0.25) is 4.79 Å². The van der Waals surface area contributed by atoms with Crippen LogP contribution in [0.5, 0.6) is 0 Å². The Morgan fingerprint density at radius 3 is 2.80 bits per heavy atom. The molecule has 0 bridgehead atoms. The van der Waals surface area contributed by atoms with Gasteiger partial charge in [0.05, 0.1) is 17.7 Å². The average Bonchev–Trinajstić information content (AvgIpc) is 3.24. The molecular formula is C17H15N7O. The molecule has 8 heteroatoms. The van der Waals surface area contributed by atoms with Gasteiger partial charge in [-0.2, -0.15) is 4.98 Å². The summed E-state index contributed by atoms with van der Waals surface area (Å²) in [6.45, 7) is 3.77. The van der Waals surface area contributed by atoms with Crippen LogP contribution in [-0.2, 0) is 0 Å². The maximum Gasteiger partial charge on any atom is 0.295 e. The molecule has 0 atom stereocenters. The van der Waals surface area contributed by atoms with Gasteiger partial charge in [-0.1, -0.05) is 12.1 Å². The van der Waals surface area contributed by atoms with Crippen molar-refractivity contribution in [2.45, 2.75) is 13.8 Å². The van der Waals surface area contributed by atoms with Crippen molar-refractivity contribution in [3.8, 4) is 5.69 Å². The number of aromatic nitrogens is 6. The number of aryl methyl sites for hydroxylation is 2. The molecule has 0 saturated carbocycles. The Bertz CT molecular complexity index is 1070. The highest BCUT2D eigenvalue weighted by molar-refractivity contribution is 6.02. The molecule has 1 amide bonds. The number of nitrogens with one attached hydrogen (secondary N) is 1. The number of amides is 1. The summed E-state index contributed by atoms with van der Waals surface area (Å²) in [5.41, 5.74) is 3.15. The number of para-hydroxylation sites is 2. The Hall–Kier alpha value is -3.55. The Labute approximate surface area is 143 Å². The number of hydrogen-bond acceptors (Lipinski definition) is 5. The Morgan fingerprint density at radius 1 is 1.16 bits per heavy atom. The third-order valence-corrected chi connectivity index (χ3v) is 3.76. The van der Waals surface area contributed by atoms with Gasteiger partial charge in [0.1, 0.15) is 0 Å². The van der Waals surface area contributed by atoms with Crippen LogP contribution in [0.2, 0.25) is 0 Å². The lowest BCUT2D eigenvalue weighted by molar-refractivity contribution is 0.101. The smallest absolute Gasteiger partial charge is 0.295 e. The standard InChI is InChI=1S/C17H15N7O/c1-11-9-12(2)24-17(19-11)21-15(22-24)16(25)20-13-5-3-4-6-14(13)23-8-7-18-10-23/h3-10H,1-2H3,(H,20,25). The SMILES string of the molecule is Cc1cc(C)n2nc(C(=O)Nc3ccccc3-n3ccnc3)nc2n1. The Balaban J connectivity index is 1.69. The molecule has 0 aliphatic rings. The van der Waals surface area contributed by atoms with E-state index in [4.69, 9.17) is 0 Å². The fourth-order valence-corrected chi connectivity index (χ4v) is 2.65. The maximum absolute atomic E-state index is 12.6. The van der Waals surface area contributed by atoms with Crippen molar-refractivity contribution < 1.29 is 4.79 Å². The van der Waals surface area contributed by atoms with E-state index in [1.54, 1.807) is 17.0 Å². The zero-order valence-corrected chi connectivity index (χ0v) is 13.7. The van der Waals surface area contributed by atoms with E-state index in [0.717, 1.165) is 17.1 Å². The number of anilines is 1. The van der Waals surface area contributed by atoms with Crippen LogP contribution in [0.15, 0.2) is 49.1 Å². The molecule has 1 N–H and O–H groups in total. The molecular weight excluding hydrogens is 318 g/mol. The summed E-state index contributed by atoms with van der Waals surface area (Å²) in [6.07, 6.45) is 5.16. The van der Waals surface area contributed by atoms with Gasteiger partial charge in [-0.05, 0) is 32.0 Å². The zero-order valence-electron chi connectivity index (χ0n) is 13.7. The normalized spacial score (nSPS) is 11.0. The highest BCUT2D eigenvalue weighted by atomic mass is 16.2. The first-order valence-electron chi connectivity index (χ1n) is 7.71. The molecule has 0 spiro atoms. The summed E-state index contributed by atoms with van der Waals surface area (Å²) in [4.78, 5) is 25.2. The highest BCUT2D eigenvalue weighted by Gasteiger charge is 2.16. The predicted molar refractivity (Wildman–Crippen MR) is 91.8 cm³/mol. The van der Waals surface area contributed by atoms with Crippen molar-refractivity contribution in [2.24, 2.45) is 0 Å². The number of rotatable bonds is 3. The van der Waals surface area contributed by atoms with Crippen molar-refractivity contribution in [2.75, 3.05) is 5.32 Å². The van der Waals surface area contributed by atoms with E-state index in [-0.39, 0.29) is 5.82 Å². The van der Waals surface area contributed by atoms with Crippen LogP contribution >= 0.6 is 0 Å². The summed E-state index contributed by atoms with van der Waals surface area (Å²) >= 11 is 0. The van der Waals surface area contributed by atoms with Crippen LogP contribution in [0.1, 0.15) is 22.0 Å². The summed E-state index contributed by atoms with van der Waals surface area (Å²) < 4.78 is 3.38. The van der Waals surface area contributed by atoms with Crippen molar-refractivity contribution in [1.29, 1.82) is 0 Å². The zero-order chi connectivity index (χ0) is 17.4. The molecule has 124 valence electrons. The molecule has 25 heavy (non-hydrogen) atoms. The number of hydrogen-bond donors (Lipinski definition) is 1. The van der Waals surface area contributed by atoms with Crippen molar-refractivity contribution in [3.63, 3.8) is 0 Å². The molecule has 3 heterocycles. The molecule has 0 fully saturated rings. The van der Waals surface area contributed by atoms with Gasteiger partial charge < -0.3 is 9.88 Å². The lowest BCUT2D eigenvalue weighted by Crippen LogP contribution is -2.15. The molecule has 0 aliphatic heterocycles. The molecule has 0 saturated heterocycles. The quantitative estimate of drug-likeness (QED) is 0.620. The third kappa shape index (κ3) is 2.74. The van der Waals surface area contributed by atoms with E-state index in [1.165, 1.54) is 0 Å². The predicted octanol–water partition coefficient (Wildman–Crippen LogP) is 2.18. The minimum Gasteiger partial charge on any atom is -0.317 e. The number of imidazole rings is 1. The van der Waals surface area contributed by atoms with Crippen LogP contribution in [0, 0.1) is 13.8 Å². The minimum atomic E-state index is -0.393. The van der Waals surface area contributed by atoms with Gasteiger partial charge in [0.2, 0.25) is 5.82 Å². The summed E-state index contributed by atoms with van der Waals surface area (Å²) in [6, 6.07) is 9.34. The summed E-state index contributed by atoms with van der Waals surface area (Å²) in [5.74, 6) is 0.0855. The molecule has 0 radical (unpaired) electrons. The fraction of sp³-hybridized carbons (Fsp3) is 0.118. The Morgan fingerprint density at radius 2 is 2.00 bits per heavy atom. The van der Waals surface area contributed by atoms with Gasteiger partial charge in [-0.25, -0.2) is 14.5 Å². The molecule has 4 rings (SSSR count). The first-order valence-corrected chi connectivity index (χ1v) is 7.71. The first kappa shape index (κ1) is 15.0. The van der Waals surface area contributed by atoms with E-state index >= 15 is 0 Å². The van der Waals surface area contributed by atoms with Gasteiger partial charge in [0, 0.05) is 23.8 Å². The van der Waals surface area contributed by atoms with Gasteiger partial charge in [0.15, 0.2) is 0 Å². The van der Waals surface area contributed by atoms with Crippen LogP contribution in [0.25, 0.3) is 11.5 Å². The summed E-state index contributed by atoms with van der Waals surface area (Å²) in [5, 5.41) is 7.11. The molecule has 0 aliphatic carbocycles. The van der Waals surface area contributed by atoms with Crippen molar-refractivity contribution in [3.05, 3.63) is 66.3 Å². The molecule has 3 aromatic heterocycles. The molecule has 1 aromatic carbocycles. The van der Waals surface area contributed by atoms with Crippen LogP contribution in [0.4, 0.5) is 5.69 Å². The topological polar surface area (TPSA) is 90.0 Å². The Kier molecular flexibility index (Phi) is 3.50. The van der Waals surface area contributed by atoms with Crippen molar-refractivity contribution >= 4 is 17.4 Å². The van der Waals surface area contributed by atoms with E-state index in [9.17, 15) is 4.79 Å². The number of benzene rings is 1. The fourth-order valence-electron chi connectivity index (χ4n) is 2.65. The minimum absolute atomic E-state index is 0.0710. The van der Waals surface area contributed by atoms with Gasteiger partial charge >= 0.3 is 0 Å². The second-order valence-corrected chi connectivity index (χ2v) is 5.63. The van der Waals surface area contributed by atoms with Crippen LogP contribution in [0.3, 0.4) is 0 Å². The number of carbonyl (C=O) groups is 1. The maximum atomic E-state index is 12.6. The lowest BCUT2D eigenvalue weighted by Gasteiger charge is -2.10. The lowest BCUT2D eigenvalue weighted by atomic mass is 10.2. The highest BCUT2D eigenvalue weighted by Crippen LogP contribution is 2.20. The second kappa shape index (κ2) is 5.82.